The Hall–Kier alpha value is -1.99. The van der Waals surface area contributed by atoms with E-state index in [0.29, 0.717) is 44.5 Å². The van der Waals surface area contributed by atoms with Gasteiger partial charge in [0.25, 0.3) is 0 Å². The lowest BCUT2D eigenvalue weighted by Gasteiger charge is -2.58. The van der Waals surface area contributed by atoms with Gasteiger partial charge >= 0.3 is 5.97 Å². The molecule has 5 aliphatic rings. The molecule has 1 heterocycles. The van der Waals surface area contributed by atoms with Crippen LogP contribution < -0.4 is 0 Å². The van der Waals surface area contributed by atoms with E-state index in [1.165, 1.54) is 22.8 Å². The summed E-state index contributed by atoms with van der Waals surface area (Å²) in [7, 11) is 0. The van der Waals surface area contributed by atoms with Gasteiger partial charge in [-0.3, -0.25) is 0 Å². The maximum Gasteiger partial charge on any atom is 0.330 e. The van der Waals surface area contributed by atoms with E-state index in [1.54, 1.807) is 6.92 Å². The number of hydrogen-bond acceptors (Lipinski definition) is 6. The van der Waals surface area contributed by atoms with Crippen molar-refractivity contribution >= 4 is 12.0 Å². The van der Waals surface area contributed by atoms with Crippen LogP contribution in [0.3, 0.4) is 0 Å². The molecule has 3 unspecified atom stereocenters. The number of carbonyl (C=O) groups excluding carboxylic acids is 1. The molecule has 1 saturated heterocycles. The Morgan fingerprint density at radius 2 is 1.83 bits per heavy atom. The van der Waals surface area contributed by atoms with Gasteiger partial charge in [-0.25, -0.2) is 4.79 Å². The Bertz CT molecular complexity index is 1250. The topological polar surface area (TPSA) is 85.2 Å². The quantitative estimate of drug-likeness (QED) is 0.253. The van der Waals surface area contributed by atoms with Gasteiger partial charge < -0.3 is 24.4 Å². The minimum absolute atomic E-state index is 0.0185. The second kappa shape index (κ2) is 10.0. The summed E-state index contributed by atoms with van der Waals surface area (Å²) in [5.74, 6) is -0.240. The van der Waals surface area contributed by atoms with Crippen molar-refractivity contribution in [2.24, 2.45) is 22.7 Å². The van der Waals surface area contributed by atoms with Crippen molar-refractivity contribution in [3.63, 3.8) is 0 Å². The fourth-order valence-electron chi connectivity index (χ4n) is 9.01. The van der Waals surface area contributed by atoms with E-state index in [1.807, 2.05) is 19.1 Å². The molecule has 3 saturated carbocycles. The summed E-state index contributed by atoms with van der Waals surface area (Å²) in [6, 6.07) is 8.41. The highest BCUT2D eigenvalue weighted by atomic mass is 16.7. The lowest BCUT2D eigenvalue weighted by Crippen LogP contribution is -2.58. The number of allylic oxidation sites excluding steroid dienone is 1. The first-order chi connectivity index (χ1) is 19.3. The predicted octanol–water partition coefficient (Wildman–Crippen LogP) is 6.31. The Morgan fingerprint density at radius 3 is 2.56 bits per heavy atom. The van der Waals surface area contributed by atoms with Crippen LogP contribution in [-0.4, -0.2) is 53.0 Å². The van der Waals surface area contributed by atoms with Gasteiger partial charge in [-0.2, -0.15) is 0 Å². The van der Waals surface area contributed by atoms with Gasteiger partial charge in [0.15, 0.2) is 5.79 Å². The first-order valence-electron chi connectivity index (χ1n) is 15.7. The molecule has 6 atom stereocenters. The number of carbonyl (C=O) groups is 1. The van der Waals surface area contributed by atoms with E-state index in [4.69, 9.17) is 14.2 Å². The molecule has 6 rings (SSSR count). The standard InChI is InChI=1S/C35H48O6/c1-6-39-29(36)11-10-23-8-7-9-24(18-23)26-19-32(4)27(13-15-33(32,5)37)25-12-16-34(38)20-35(17-14-28(34)30(25)26)40-21-31(2,3)22-41-35/h7-11,18,25-27,37-38H,6,12-17,19-22H2,1-5H3/b11-10+/t25?,26-,27?,32+,33+,34?/m1/s1. The molecule has 0 radical (unpaired) electrons. The number of benzene rings is 1. The summed E-state index contributed by atoms with van der Waals surface area (Å²) in [6.07, 6.45) is 9.59. The molecule has 0 aromatic heterocycles. The highest BCUT2D eigenvalue weighted by molar-refractivity contribution is 5.87. The molecule has 2 N–H and O–H groups in total. The first-order valence-corrected chi connectivity index (χ1v) is 15.7. The second-order valence-electron chi connectivity index (χ2n) is 14.8. The SMILES string of the molecule is CCOC(=O)/C=C/c1cccc([C@H]2C[C@@]3(C)C(CC[C@]3(C)O)C3CCC4(O)CC5(CCC4=C32)OCC(C)(C)CO5)c1. The fraction of sp³-hybridized carbons (Fsp3) is 0.686. The van der Waals surface area contributed by atoms with Crippen molar-refractivity contribution in [1.82, 2.24) is 0 Å². The van der Waals surface area contributed by atoms with Gasteiger partial charge in [0.05, 0.1) is 31.0 Å². The Morgan fingerprint density at radius 1 is 1.07 bits per heavy atom. The van der Waals surface area contributed by atoms with Crippen molar-refractivity contribution in [2.75, 3.05) is 19.8 Å². The van der Waals surface area contributed by atoms with Crippen molar-refractivity contribution < 1.29 is 29.2 Å². The zero-order valence-corrected chi connectivity index (χ0v) is 25.5. The summed E-state index contributed by atoms with van der Waals surface area (Å²) in [5.41, 5.74) is 2.82. The third kappa shape index (κ3) is 4.93. The van der Waals surface area contributed by atoms with Crippen LogP contribution in [0.4, 0.5) is 0 Å². The highest BCUT2D eigenvalue weighted by Gasteiger charge is 2.63. The Balaban J connectivity index is 1.40. The van der Waals surface area contributed by atoms with Crippen LogP contribution in [0.15, 0.2) is 41.5 Å². The third-order valence-corrected chi connectivity index (χ3v) is 11.4. The van der Waals surface area contributed by atoms with E-state index in [9.17, 15) is 15.0 Å². The van der Waals surface area contributed by atoms with Crippen molar-refractivity contribution in [1.29, 1.82) is 0 Å². The number of esters is 1. The molecule has 1 aliphatic heterocycles. The lowest BCUT2D eigenvalue weighted by molar-refractivity contribution is -0.322. The van der Waals surface area contributed by atoms with Crippen LogP contribution in [0.5, 0.6) is 0 Å². The maximum absolute atomic E-state index is 12.4. The normalized spacial score (nSPS) is 39.3. The first kappa shape index (κ1) is 29.1. The van der Waals surface area contributed by atoms with Gasteiger partial charge in [0, 0.05) is 35.7 Å². The minimum atomic E-state index is -0.944. The Kier molecular flexibility index (Phi) is 7.13. The number of rotatable bonds is 4. The molecule has 0 amide bonds. The van der Waals surface area contributed by atoms with Gasteiger partial charge in [0.1, 0.15) is 0 Å². The fourth-order valence-corrected chi connectivity index (χ4v) is 9.01. The van der Waals surface area contributed by atoms with Gasteiger partial charge in [-0.1, -0.05) is 50.6 Å². The van der Waals surface area contributed by atoms with Crippen LogP contribution >= 0.6 is 0 Å². The molecule has 6 nitrogen and oxygen atoms in total. The van der Waals surface area contributed by atoms with Crippen LogP contribution in [0.1, 0.15) is 103 Å². The molecule has 1 aromatic rings. The molecule has 0 bridgehead atoms. The molecule has 6 heteroatoms. The molecule has 41 heavy (non-hydrogen) atoms. The predicted molar refractivity (Wildman–Crippen MR) is 158 cm³/mol. The molecular formula is C35H48O6. The summed E-state index contributed by atoms with van der Waals surface area (Å²) in [5, 5.41) is 24.1. The average molecular weight is 565 g/mol. The largest absolute Gasteiger partial charge is 0.463 e. The summed E-state index contributed by atoms with van der Waals surface area (Å²) >= 11 is 0. The van der Waals surface area contributed by atoms with Crippen LogP contribution in [0, 0.1) is 22.7 Å². The van der Waals surface area contributed by atoms with Gasteiger partial charge in [-0.05, 0) is 87.0 Å². The summed E-state index contributed by atoms with van der Waals surface area (Å²) in [4.78, 5) is 12.0. The molecule has 224 valence electrons. The minimum Gasteiger partial charge on any atom is -0.463 e. The number of hydrogen-bond donors (Lipinski definition) is 2. The molecule has 4 fully saturated rings. The number of ether oxygens (including phenoxy) is 3. The second-order valence-corrected chi connectivity index (χ2v) is 14.8. The molecule has 1 spiro atoms. The van der Waals surface area contributed by atoms with E-state index < -0.39 is 17.0 Å². The van der Waals surface area contributed by atoms with Gasteiger partial charge in [0.2, 0.25) is 0 Å². The van der Waals surface area contributed by atoms with E-state index in [0.717, 1.165) is 44.1 Å². The number of aliphatic hydroxyl groups is 2. The molecule has 1 aromatic carbocycles. The van der Waals surface area contributed by atoms with Crippen molar-refractivity contribution in [3.8, 4) is 0 Å². The Labute approximate surface area is 245 Å². The van der Waals surface area contributed by atoms with Gasteiger partial charge in [-0.15, -0.1) is 0 Å². The smallest absolute Gasteiger partial charge is 0.330 e. The zero-order chi connectivity index (χ0) is 29.3. The van der Waals surface area contributed by atoms with Crippen molar-refractivity contribution in [3.05, 3.63) is 52.6 Å². The highest BCUT2D eigenvalue weighted by Crippen LogP contribution is 2.67. The van der Waals surface area contributed by atoms with Crippen LogP contribution in [0.25, 0.3) is 6.08 Å². The van der Waals surface area contributed by atoms with E-state index in [-0.39, 0.29) is 22.7 Å². The lowest BCUT2D eigenvalue weighted by atomic mass is 9.50. The zero-order valence-electron chi connectivity index (χ0n) is 25.5. The average Bonchev–Trinajstić information content (AvgIpc) is 3.17. The van der Waals surface area contributed by atoms with Crippen LogP contribution in [-0.2, 0) is 19.0 Å². The van der Waals surface area contributed by atoms with E-state index in [2.05, 4.69) is 39.0 Å². The summed E-state index contributed by atoms with van der Waals surface area (Å²) < 4.78 is 17.9. The maximum atomic E-state index is 12.4. The monoisotopic (exact) mass is 564 g/mol. The van der Waals surface area contributed by atoms with Crippen molar-refractivity contribution in [2.45, 2.75) is 109 Å². The summed E-state index contributed by atoms with van der Waals surface area (Å²) in [6.45, 7) is 12.1. The number of fused-ring (bicyclic) bond motifs is 4. The third-order valence-electron chi connectivity index (χ3n) is 11.4. The molecule has 4 aliphatic carbocycles. The molecular weight excluding hydrogens is 516 g/mol. The van der Waals surface area contributed by atoms with Crippen LogP contribution in [0.2, 0.25) is 0 Å². The van der Waals surface area contributed by atoms with E-state index >= 15 is 0 Å².